The van der Waals surface area contributed by atoms with Gasteiger partial charge in [0.2, 0.25) is 0 Å². The molecule has 1 aliphatic rings. The van der Waals surface area contributed by atoms with Gasteiger partial charge < -0.3 is 4.57 Å². The van der Waals surface area contributed by atoms with E-state index in [1.54, 1.807) is 0 Å². The van der Waals surface area contributed by atoms with E-state index in [4.69, 9.17) is 9.97 Å². The molecule has 0 fully saturated rings. The van der Waals surface area contributed by atoms with Crippen molar-refractivity contribution in [3.63, 3.8) is 0 Å². The number of aromatic nitrogens is 3. The first kappa shape index (κ1) is 36.5. The van der Waals surface area contributed by atoms with Crippen LogP contribution in [0.3, 0.4) is 0 Å². The van der Waals surface area contributed by atoms with Gasteiger partial charge in [0.1, 0.15) is 0 Å². The summed E-state index contributed by atoms with van der Waals surface area (Å²) >= 11 is 0. The number of benzene rings is 10. The second kappa shape index (κ2) is 13.9. The van der Waals surface area contributed by atoms with Crippen molar-refractivity contribution in [1.29, 1.82) is 0 Å². The van der Waals surface area contributed by atoms with Crippen molar-refractivity contribution in [2.45, 2.75) is 19.3 Å². The minimum Gasteiger partial charge on any atom is -0.309 e. The predicted molar refractivity (Wildman–Crippen MR) is 268 cm³/mol. The number of fused-ring (bicyclic) bond motifs is 12. The number of hydrogen-bond donors (Lipinski definition) is 0. The van der Waals surface area contributed by atoms with Crippen LogP contribution in [0.4, 0.5) is 0 Å². The first-order valence-corrected chi connectivity index (χ1v) is 22.1. The largest absolute Gasteiger partial charge is 0.309 e. The Morgan fingerprint density at radius 1 is 0.359 bits per heavy atom. The fourth-order valence-electron chi connectivity index (χ4n) is 10.6. The van der Waals surface area contributed by atoms with Gasteiger partial charge in [-0.05, 0) is 115 Å². The molecule has 3 heteroatoms. The minimum atomic E-state index is -0.164. The summed E-state index contributed by atoms with van der Waals surface area (Å²) < 4.78 is 2.38. The van der Waals surface area contributed by atoms with E-state index < -0.39 is 0 Å². The van der Waals surface area contributed by atoms with E-state index in [0.717, 1.165) is 33.1 Å². The van der Waals surface area contributed by atoms with E-state index in [2.05, 4.69) is 225 Å². The Balaban J connectivity index is 0.809. The Morgan fingerprint density at radius 2 is 0.859 bits per heavy atom. The van der Waals surface area contributed by atoms with Crippen LogP contribution in [0.1, 0.15) is 25.0 Å². The Labute approximate surface area is 371 Å². The second-order valence-electron chi connectivity index (χ2n) is 17.8. The number of hydrogen-bond acceptors (Lipinski definition) is 2. The van der Waals surface area contributed by atoms with E-state index in [-0.39, 0.29) is 5.41 Å². The quantitative estimate of drug-likeness (QED) is 0.162. The van der Waals surface area contributed by atoms with Crippen LogP contribution in [0.25, 0.3) is 116 Å². The van der Waals surface area contributed by atoms with E-state index in [0.29, 0.717) is 0 Å². The highest BCUT2D eigenvalue weighted by molar-refractivity contribution is 6.23. The molecule has 0 amide bonds. The normalized spacial score (nSPS) is 13.0. The van der Waals surface area contributed by atoms with Gasteiger partial charge >= 0.3 is 0 Å². The number of rotatable bonds is 5. The molecule has 64 heavy (non-hydrogen) atoms. The van der Waals surface area contributed by atoms with E-state index in [1.165, 1.54) is 93.9 Å². The van der Waals surface area contributed by atoms with Crippen molar-refractivity contribution < 1.29 is 0 Å². The molecule has 2 heterocycles. The van der Waals surface area contributed by atoms with Gasteiger partial charge in [0.05, 0.1) is 34.0 Å². The third-order valence-electron chi connectivity index (χ3n) is 13.8. The maximum absolute atomic E-state index is 5.22. The Morgan fingerprint density at radius 3 is 1.55 bits per heavy atom. The monoisotopic (exact) mass is 815 g/mol. The molecule has 0 bridgehead atoms. The molecule has 300 valence electrons. The smallest absolute Gasteiger partial charge is 0.0979 e. The molecular weight excluding hydrogens is 775 g/mol. The molecule has 12 aromatic rings. The highest BCUT2D eigenvalue weighted by atomic mass is 15.0. The summed E-state index contributed by atoms with van der Waals surface area (Å²) in [4.78, 5) is 10.2. The summed E-state index contributed by atoms with van der Waals surface area (Å²) in [7, 11) is 0. The zero-order valence-electron chi connectivity index (χ0n) is 35.5. The van der Waals surface area contributed by atoms with Gasteiger partial charge in [-0.1, -0.05) is 172 Å². The van der Waals surface area contributed by atoms with Crippen molar-refractivity contribution >= 4 is 54.4 Å². The highest BCUT2D eigenvalue weighted by Gasteiger charge is 2.36. The maximum atomic E-state index is 5.22. The predicted octanol–water partition coefficient (Wildman–Crippen LogP) is 16.0. The minimum absolute atomic E-state index is 0.164. The molecule has 0 saturated heterocycles. The molecule has 0 unspecified atom stereocenters. The van der Waals surface area contributed by atoms with Crippen molar-refractivity contribution in [2.24, 2.45) is 0 Å². The van der Waals surface area contributed by atoms with Crippen molar-refractivity contribution in [3.8, 4) is 61.5 Å². The van der Waals surface area contributed by atoms with Crippen LogP contribution in [0.15, 0.2) is 212 Å². The first-order valence-electron chi connectivity index (χ1n) is 22.1. The lowest BCUT2D eigenvalue weighted by atomic mass is 9.80. The third kappa shape index (κ3) is 5.54. The Bertz CT molecular complexity index is 3820. The van der Waals surface area contributed by atoms with Crippen LogP contribution in [0, 0.1) is 0 Å². The summed E-state index contributed by atoms with van der Waals surface area (Å²) in [6, 6.07) is 75.2. The van der Waals surface area contributed by atoms with Crippen molar-refractivity contribution in [1.82, 2.24) is 14.5 Å². The molecule has 0 saturated carbocycles. The van der Waals surface area contributed by atoms with Crippen molar-refractivity contribution in [2.75, 3.05) is 0 Å². The molecule has 3 nitrogen and oxygen atoms in total. The maximum Gasteiger partial charge on any atom is 0.0979 e. The van der Waals surface area contributed by atoms with Crippen LogP contribution < -0.4 is 0 Å². The zero-order chi connectivity index (χ0) is 42.5. The van der Waals surface area contributed by atoms with Gasteiger partial charge in [0.25, 0.3) is 0 Å². The zero-order valence-corrected chi connectivity index (χ0v) is 35.5. The molecule has 1 aliphatic carbocycles. The molecule has 0 atom stereocenters. The van der Waals surface area contributed by atoms with Gasteiger partial charge in [0.15, 0.2) is 0 Å². The lowest BCUT2D eigenvalue weighted by Gasteiger charge is -2.23. The molecule has 13 rings (SSSR count). The fourth-order valence-corrected chi connectivity index (χ4v) is 10.6. The van der Waals surface area contributed by atoms with Gasteiger partial charge in [-0.25, -0.2) is 4.98 Å². The van der Waals surface area contributed by atoms with Gasteiger partial charge in [-0.15, -0.1) is 0 Å². The molecule has 0 radical (unpaired) electrons. The van der Waals surface area contributed by atoms with E-state index >= 15 is 0 Å². The summed E-state index contributed by atoms with van der Waals surface area (Å²) in [6.45, 7) is 4.76. The number of nitrogens with zero attached hydrogens (tertiary/aromatic N) is 3. The fraction of sp³-hybridized carbons (Fsp3) is 0.0492. The first-order chi connectivity index (χ1) is 31.5. The van der Waals surface area contributed by atoms with Gasteiger partial charge in [0, 0.05) is 38.2 Å². The highest BCUT2D eigenvalue weighted by Crippen LogP contribution is 2.51. The van der Waals surface area contributed by atoms with Crippen LogP contribution in [-0.4, -0.2) is 14.5 Å². The Kier molecular flexibility index (Phi) is 7.95. The molecule has 0 N–H and O–H groups in total. The van der Waals surface area contributed by atoms with Gasteiger partial charge in [-0.2, -0.15) is 0 Å². The third-order valence-corrected chi connectivity index (χ3v) is 13.8. The van der Waals surface area contributed by atoms with Crippen molar-refractivity contribution in [3.05, 3.63) is 224 Å². The topological polar surface area (TPSA) is 30.7 Å². The average Bonchev–Trinajstić information content (AvgIpc) is 3.81. The van der Waals surface area contributed by atoms with Crippen LogP contribution in [0.5, 0.6) is 0 Å². The summed E-state index contributed by atoms with van der Waals surface area (Å²) in [6.07, 6.45) is 1.92. The molecule has 2 aromatic heterocycles. The van der Waals surface area contributed by atoms with Gasteiger partial charge in [-0.3, -0.25) is 4.98 Å². The lowest BCUT2D eigenvalue weighted by Crippen LogP contribution is -2.15. The summed E-state index contributed by atoms with van der Waals surface area (Å²) in [5, 5.41) is 7.20. The van der Waals surface area contributed by atoms with Crippen LogP contribution >= 0.6 is 0 Å². The van der Waals surface area contributed by atoms with Crippen LogP contribution in [-0.2, 0) is 5.41 Å². The second-order valence-corrected chi connectivity index (χ2v) is 17.8. The molecular formula is C61H41N3. The molecule has 0 aliphatic heterocycles. The summed E-state index contributed by atoms with van der Waals surface area (Å²) in [5.41, 5.74) is 19.9. The average molecular weight is 816 g/mol. The lowest BCUT2D eigenvalue weighted by molar-refractivity contribution is 0.661. The standard InChI is InChI=1S/C61H41N3/c1-61(2)54-35-43(27-30-48(54)49-31-28-44(36-55(49)61)42-29-32-58-53(34-42)50-19-10-11-22-57(50)64(58)45-15-4-3-5-16-45)41-14-12-13-40(33-41)38-23-25-39(26-24-38)56-37-62-59-51-20-8-6-17-46(51)47-18-7-9-21-52(47)60(59)63-56/h3-37H,1-2H3. The SMILES string of the molecule is CC1(C)c2cc(-c3cccc(-c4ccc(-c5cnc6c7ccccc7c7ccccc7c6n5)cc4)c3)ccc2-c2ccc(-c3ccc4c(c3)c3ccccc3n4-c3ccccc3)cc21. The number of para-hydroxylation sites is 2. The van der Waals surface area contributed by atoms with Crippen LogP contribution in [0.2, 0.25) is 0 Å². The van der Waals surface area contributed by atoms with E-state index in [9.17, 15) is 0 Å². The molecule has 0 spiro atoms. The Hall–Kier alpha value is -8.14. The summed E-state index contributed by atoms with van der Waals surface area (Å²) in [5.74, 6) is 0. The van der Waals surface area contributed by atoms with E-state index in [1.807, 2.05) is 6.20 Å². The molecule has 10 aromatic carbocycles.